The number of aliphatic hydroxyl groups is 5. The summed E-state index contributed by atoms with van der Waals surface area (Å²) in [6.45, 7) is 10.2. The average Bonchev–Trinajstić information content (AvgIpc) is 0.755. The summed E-state index contributed by atoms with van der Waals surface area (Å²) in [7, 11) is 7.57. The molecule has 2 unspecified atom stereocenters. The molecule has 38 heteroatoms. The first-order valence-electron chi connectivity index (χ1n) is 41.8. The second kappa shape index (κ2) is 43.7. The van der Waals surface area contributed by atoms with Gasteiger partial charge in [0.15, 0.2) is 29.9 Å². The number of carbonyl (C=O) groups excluding carboxylic acids is 7. The topological polar surface area (TPSA) is 527 Å². The summed E-state index contributed by atoms with van der Waals surface area (Å²) in [6.07, 6.45) is -5.94. The number of aromatic hydroxyl groups is 3. The number of aliphatic carboxylic acids is 1. The summed E-state index contributed by atoms with van der Waals surface area (Å²) in [5.74, 6) is -15.3. The molecule has 0 saturated carbocycles. The normalized spacial score (nSPS) is 25.8. The van der Waals surface area contributed by atoms with E-state index >= 15 is 24.0 Å². The van der Waals surface area contributed by atoms with Crippen LogP contribution in [-0.2, 0) is 68.6 Å². The summed E-state index contributed by atoms with van der Waals surface area (Å²) in [6, 6.07) is -0.692. The molecule has 36 nitrogen and oxygen atoms in total. The summed E-state index contributed by atoms with van der Waals surface area (Å²) >= 11 is 14.4. The molecule has 7 aliphatic heterocycles. The van der Waals surface area contributed by atoms with Gasteiger partial charge in [0, 0.05) is 41.7 Å². The first kappa shape index (κ1) is 96.9. The standard InChI is InChI=1S/C86H117Cl2N11O25/c1-10-11-12-13-14-15-16-17-24-92-86(5)39-65(120-44(4)78(86)108)124-77-63(42-119-62(41-100)75(77)107)123-76-60-35-48-36-61(76)122-59-23-20-47(34-53(59)88)73(105)71-84(114)96-69(85(115)116)50-37-57(102)51(40-91-25-27-117-29-30-118-28-26-99(7,8)9)74(106)66(50)49-32-45(18-21-56(49)101)67(81(111)98-71)95-82(112)68(48)94-80(110)55(38-64(89)103)93-83(113)70(97-79(109)54(90-6)31-43(2)3)72(104)46-19-22-58(121-60)52(87)33-46/h18-23,32-37,43-44,54-55,62-63,65,67-73,75,77-78,90-92,100,104-105,107-108H,10-17,24-31,38-42H2,1-9H3,(H11-,89,93,94,95,96,97,98,101,102,103,106,109,110,111,112,113,114,115,116)/p+1/t44-,54+,55-,62+,63-,65?,67+,68+,69-,70+,71-,72+,73?,75-,77+,78+,86-/m0/s1. The highest BCUT2D eigenvalue weighted by molar-refractivity contribution is 6.32. The van der Waals surface area contributed by atoms with Gasteiger partial charge in [0.2, 0.25) is 47.1 Å². The number of rotatable bonds is 34. The van der Waals surface area contributed by atoms with E-state index < -0.39 is 232 Å². The fourth-order valence-electron chi connectivity index (χ4n) is 15.5. The third-order valence-electron chi connectivity index (χ3n) is 22.5. The Morgan fingerprint density at radius 3 is 1.93 bits per heavy atom. The van der Waals surface area contributed by atoms with Gasteiger partial charge in [-0.3, -0.25) is 33.6 Å². The van der Waals surface area contributed by atoms with E-state index in [-0.39, 0.29) is 90.4 Å². The minimum atomic E-state index is -2.32. The summed E-state index contributed by atoms with van der Waals surface area (Å²) in [5.41, 5.74) is 1.83. The Hall–Kier alpha value is -9.32. The van der Waals surface area contributed by atoms with Gasteiger partial charge in [-0.05, 0) is 123 Å². The molecule has 7 heterocycles. The summed E-state index contributed by atoms with van der Waals surface area (Å²) < 4.78 is 51.9. The molecule has 12 rings (SSSR count). The van der Waals surface area contributed by atoms with Crippen molar-refractivity contribution in [3.63, 3.8) is 0 Å². The molecule has 0 aromatic heterocycles. The number of nitrogens with one attached hydrogen (secondary N) is 9. The molecule has 680 valence electrons. The third-order valence-corrected chi connectivity index (χ3v) is 23.1. The van der Waals surface area contributed by atoms with E-state index in [1.54, 1.807) is 6.92 Å². The highest BCUT2D eigenvalue weighted by Crippen LogP contribution is 2.51. The molecular weight excluding hydrogens is 1660 g/mol. The fraction of sp³-hybridized carbons (Fsp3) is 0.558. The SMILES string of the molecule is CCCCCCCCCCN[C@@]1(C)CC(O[C@H]2[C@@H](O)[C@@H](CO)OC[C@@H]2Oc2c3cc4cc2Oc2ccc(cc2Cl)[C@@H](O)[C@@H](NC(=O)[C@@H](CC(C)C)NC)C(=O)N[C@@H](CC(N)=O)C(=O)N[C@H]4C(=O)N[C@H]2C(=O)N[C@H](C(=O)N[C@H](C(=O)O)c4cc(O)c(CNCCOCCOCC[N+](C)(C)C)c(O)c4-c4cc2ccc4O)C(O)c2ccc(c(Cl)c2)O3)O[C@@H](C)[C@H]1O. The Labute approximate surface area is 728 Å². The number of nitrogens with zero attached hydrogens (tertiary/aromatic N) is 1. The number of amides is 7. The Bertz CT molecular complexity index is 4600. The van der Waals surface area contributed by atoms with Crippen LogP contribution < -0.4 is 67.8 Å². The average molecular weight is 1780 g/mol. The number of ether oxygens (including phenoxy) is 8. The highest BCUT2D eigenvalue weighted by atomic mass is 35.5. The predicted molar refractivity (Wildman–Crippen MR) is 451 cm³/mol. The van der Waals surface area contributed by atoms with Crippen molar-refractivity contribution >= 4 is 70.5 Å². The van der Waals surface area contributed by atoms with Crippen LogP contribution in [0, 0.1) is 5.92 Å². The molecule has 7 aliphatic rings. The van der Waals surface area contributed by atoms with Crippen LogP contribution in [0.4, 0.5) is 0 Å². The molecule has 5 aromatic rings. The lowest BCUT2D eigenvalue weighted by Gasteiger charge is -2.48. The molecule has 5 aromatic carbocycles. The number of carboxylic acid groups (broad SMARTS) is 1. The Morgan fingerprint density at radius 2 is 1.31 bits per heavy atom. The van der Waals surface area contributed by atoms with E-state index in [4.69, 9.17) is 66.8 Å². The van der Waals surface area contributed by atoms with E-state index in [0.717, 1.165) is 87.5 Å². The van der Waals surface area contributed by atoms with Crippen molar-refractivity contribution in [2.24, 2.45) is 11.7 Å². The Morgan fingerprint density at radius 1 is 0.702 bits per heavy atom. The van der Waals surface area contributed by atoms with Gasteiger partial charge in [-0.1, -0.05) is 107 Å². The molecule has 2 fully saturated rings. The van der Waals surface area contributed by atoms with Gasteiger partial charge >= 0.3 is 5.97 Å². The second-order valence-electron chi connectivity index (χ2n) is 33.6. The number of phenols is 3. The molecule has 20 N–H and O–H groups in total. The monoisotopic (exact) mass is 1770 g/mol. The zero-order valence-corrected chi connectivity index (χ0v) is 72.4. The van der Waals surface area contributed by atoms with Crippen LogP contribution in [0.5, 0.6) is 46.0 Å². The Balaban J connectivity index is 1.15. The molecule has 2 saturated heterocycles. The molecule has 124 heavy (non-hydrogen) atoms. The van der Waals surface area contributed by atoms with Crippen LogP contribution in [0.15, 0.2) is 72.8 Å². The van der Waals surface area contributed by atoms with E-state index in [2.05, 4.69) is 54.8 Å². The number of fused-ring (bicyclic) bond motifs is 15. The van der Waals surface area contributed by atoms with Crippen LogP contribution in [0.1, 0.15) is 169 Å². The van der Waals surface area contributed by atoms with Gasteiger partial charge in [0.1, 0.15) is 96.0 Å². The maximum Gasteiger partial charge on any atom is 0.330 e. The first-order chi connectivity index (χ1) is 58.9. The number of benzene rings is 5. The van der Waals surface area contributed by atoms with Crippen molar-refractivity contribution in [2.45, 2.75) is 215 Å². The maximum absolute atomic E-state index is 16.4. The number of likely N-dealkylation sites (N-methyl/N-ethyl adjacent to an activating group) is 2. The number of phenolic OH excluding ortho intramolecular Hbond substituents is 3. The lowest BCUT2D eigenvalue weighted by molar-refractivity contribution is -0.870. The third kappa shape index (κ3) is 24.5. The fourth-order valence-corrected chi connectivity index (χ4v) is 16.0. The van der Waals surface area contributed by atoms with Crippen LogP contribution in [0.2, 0.25) is 10.0 Å². The number of primary amides is 1. The largest absolute Gasteiger partial charge is 0.507 e. The molecule has 0 radical (unpaired) electrons. The predicted octanol–water partition coefficient (Wildman–Crippen LogP) is 4.39. The van der Waals surface area contributed by atoms with Crippen molar-refractivity contribution in [1.29, 1.82) is 0 Å². The number of quaternary nitrogens is 1. The smallest absolute Gasteiger partial charge is 0.330 e. The van der Waals surface area contributed by atoms with E-state index in [9.17, 15) is 60.3 Å². The summed E-state index contributed by atoms with van der Waals surface area (Å²) in [5, 5.41) is 131. The molecule has 0 aliphatic carbocycles. The quantitative estimate of drug-likeness (QED) is 0.0201. The number of aliphatic hydroxyl groups excluding tert-OH is 5. The van der Waals surface area contributed by atoms with Gasteiger partial charge in [0.05, 0.1) is 101 Å². The van der Waals surface area contributed by atoms with Crippen LogP contribution in [0.3, 0.4) is 0 Å². The number of nitrogens with two attached hydrogens (primary N) is 1. The van der Waals surface area contributed by atoms with E-state index in [0.29, 0.717) is 17.6 Å². The minimum Gasteiger partial charge on any atom is -0.507 e. The Kier molecular flexibility index (Phi) is 34.2. The van der Waals surface area contributed by atoms with Crippen molar-refractivity contribution in [1.82, 2.24) is 47.9 Å². The van der Waals surface area contributed by atoms with Crippen LogP contribution in [0.25, 0.3) is 11.1 Å². The molecule has 7 amide bonds. The zero-order valence-electron chi connectivity index (χ0n) is 70.9. The number of unbranched alkanes of at least 4 members (excludes halogenated alkanes) is 7. The molecule has 0 spiro atoms. The van der Waals surface area contributed by atoms with Crippen molar-refractivity contribution in [2.75, 3.05) is 87.5 Å². The molecular formula is C86H118Cl2N11O25+. The van der Waals surface area contributed by atoms with Gasteiger partial charge < -0.3 is 142 Å². The van der Waals surface area contributed by atoms with Crippen molar-refractivity contribution in [3.05, 3.63) is 116 Å². The van der Waals surface area contributed by atoms with Gasteiger partial charge in [-0.2, -0.15) is 0 Å². The first-order valence-corrected chi connectivity index (χ1v) is 42.6. The number of halogens is 2. The van der Waals surface area contributed by atoms with E-state index in [1.807, 2.05) is 41.9 Å². The van der Waals surface area contributed by atoms with Gasteiger partial charge in [0.25, 0.3) is 0 Å². The van der Waals surface area contributed by atoms with Crippen LogP contribution in [-0.4, -0.2) is 258 Å². The van der Waals surface area contributed by atoms with Crippen molar-refractivity contribution in [3.8, 4) is 57.1 Å². The number of carbonyl (C=O) groups is 8. The van der Waals surface area contributed by atoms with E-state index in [1.165, 1.54) is 50.2 Å². The van der Waals surface area contributed by atoms with Gasteiger partial charge in [-0.25, -0.2) is 4.79 Å². The zero-order chi connectivity index (χ0) is 90.2. The van der Waals surface area contributed by atoms with Gasteiger partial charge in [-0.15, -0.1) is 0 Å². The summed E-state index contributed by atoms with van der Waals surface area (Å²) in [4.78, 5) is 120. The minimum absolute atomic E-state index is 0.0000979. The highest BCUT2D eigenvalue weighted by Gasteiger charge is 2.50. The maximum atomic E-state index is 16.4. The molecule has 11 bridgehead atoms. The second-order valence-corrected chi connectivity index (χ2v) is 34.4. The number of carboxylic acids is 1. The lowest BCUT2D eigenvalue weighted by Crippen LogP contribution is -2.64. The van der Waals surface area contributed by atoms with Crippen molar-refractivity contribution < 1.29 is 127 Å². The van der Waals surface area contributed by atoms with Crippen LogP contribution >= 0.6 is 23.2 Å². The molecule has 17 atom stereocenters. The number of hydrogen-bond donors (Lipinski definition) is 19. The lowest BCUT2D eigenvalue weighted by atomic mass is 9.84. The number of hydrogen-bond acceptors (Lipinski definition) is 27.